The summed E-state index contributed by atoms with van der Waals surface area (Å²) in [7, 11) is 0. The fourth-order valence-corrected chi connectivity index (χ4v) is 4.05. The average Bonchev–Trinajstić information content (AvgIpc) is 3.12. The first-order valence-corrected chi connectivity index (χ1v) is 8.20. The van der Waals surface area contributed by atoms with Crippen molar-refractivity contribution in [2.75, 3.05) is 13.2 Å². The van der Waals surface area contributed by atoms with Gasteiger partial charge < -0.3 is 14.4 Å². The summed E-state index contributed by atoms with van der Waals surface area (Å²) in [6.45, 7) is 1.50. The number of aliphatic hydroxyl groups is 1. The van der Waals surface area contributed by atoms with E-state index >= 15 is 0 Å². The lowest BCUT2D eigenvalue weighted by Crippen LogP contribution is -2.29. The first kappa shape index (κ1) is 14.2. The van der Waals surface area contributed by atoms with Crippen LogP contribution in [0.1, 0.15) is 30.9 Å². The van der Waals surface area contributed by atoms with Crippen LogP contribution in [0.5, 0.6) is 0 Å². The zero-order valence-electron chi connectivity index (χ0n) is 12.3. The van der Waals surface area contributed by atoms with E-state index in [-0.39, 0.29) is 12.1 Å². The van der Waals surface area contributed by atoms with Crippen LogP contribution in [0.4, 0.5) is 0 Å². The van der Waals surface area contributed by atoms with Gasteiger partial charge in [0.05, 0.1) is 30.4 Å². The zero-order valence-corrected chi connectivity index (χ0v) is 13.0. The second-order valence-corrected chi connectivity index (χ2v) is 6.56. The second-order valence-electron chi connectivity index (χ2n) is 6.16. The number of nitrogens with zero attached hydrogens (tertiary/aromatic N) is 2. The molecule has 2 aliphatic heterocycles. The van der Waals surface area contributed by atoms with E-state index < -0.39 is 0 Å². The maximum Gasteiger partial charge on any atom is 0.0956 e. The third-order valence-corrected chi connectivity index (χ3v) is 5.27. The van der Waals surface area contributed by atoms with Gasteiger partial charge in [0.15, 0.2) is 0 Å². The lowest BCUT2D eigenvalue weighted by atomic mass is 9.88. The second kappa shape index (κ2) is 5.69. The number of imidazole rings is 1. The molecule has 4 rings (SSSR count). The van der Waals surface area contributed by atoms with Gasteiger partial charge in [-0.1, -0.05) is 23.7 Å². The Morgan fingerprint density at radius 2 is 2.18 bits per heavy atom. The highest BCUT2D eigenvalue weighted by atomic mass is 35.5. The Balaban J connectivity index is 1.65. The molecule has 4 nitrogen and oxygen atoms in total. The molecular weight excluding hydrogens is 300 g/mol. The van der Waals surface area contributed by atoms with Crippen molar-refractivity contribution in [1.82, 2.24) is 9.55 Å². The van der Waals surface area contributed by atoms with Crippen LogP contribution in [0.25, 0.3) is 11.3 Å². The Labute approximate surface area is 134 Å². The largest absolute Gasteiger partial charge is 0.393 e. The Morgan fingerprint density at radius 1 is 1.36 bits per heavy atom. The average molecular weight is 319 g/mol. The van der Waals surface area contributed by atoms with Gasteiger partial charge in [-0.15, -0.1) is 0 Å². The molecule has 2 aromatic rings. The molecule has 1 aromatic carbocycles. The van der Waals surface area contributed by atoms with Crippen LogP contribution in [0.2, 0.25) is 5.02 Å². The molecule has 1 fully saturated rings. The van der Waals surface area contributed by atoms with E-state index in [2.05, 4.69) is 15.6 Å². The van der Waals surface area contributed by atoms with Crippen molar-refractivity contribution in [3.8, 4) is 11.3 Å². The standard InChI is InChI=1S/C17H19ClN2O2/c18-13-3-1-2-12-15-9-19-10-20(15)14(17(12)13)8-16(21)11-4-6-22-7-5-11/h1-3,9-11,14,16,21H,4-8H2. The number of benzene rings is 1. The quantitative estimate of drug-likeness (QED) is 0.944. The normalized spacial score (nSPS) is 22.4. The fraction of sp³-hybridized carbons (Fsp3) is 0.471. The molecule has 1 aromatic heterocycles. The predicted molar refractivity (Wildman–Crippen MR) is 85.0 cm³/mol. The molecule has 5 heteroatoms. The molecule has 2 aliphatic rings. The molecular formula is C17H19ClN2O2. The van der Waals surface area contributed by atoms with Crippen molar-refractivity contribution in [3.05, 3.63) is 41.3 Å². The zero-order chi connectivity index (χ0) is 15.1. The van der Waals surface area contributed by atoms with Gasteiger partial charge in [-0.3, -0.25) is 0 Å². The number of halogens is 1. The SMILES string of the molecule is OC(CC1c2c(Cl)cccc2-c2cncn21)C1CCOCC1. The minimum Gasteiger partial charge on any atom is -0.393 e. The minimum absolute atomic E-state index is 0.0686. The summed E-state index contributed by atoms with van der Waals surface area (Å²) in [6.07, 6.45) is 5.90. The van der Waals surface area contributed by atoms with E-state index in [0.717, 1.165) is 47.9 Å². The molecule has 3 heterocycles. The van der Waals surface area contributed by atoms with Crippen molar-refractivity contribution in [2.45, 2.75) is 31.4 Å². The molecule has 1 saturated heterocycles. The molecule has 0 spiro atoms. The predicted octanol–water partition coefficient (Wildman–Crippen LogP) is 3.28. The maximum atomic E-state index is 10.7. The number of hydrogen-bond acceptors (Lipinski definition) is 3. The first-order valence-electron chi connectivity index (χ1n) is 7.82. The van der Waals surface area contributed by atoms with E-state index in [1.807, 2.05) is 24.7 Å². The first-order chi connectivity index (χ1) is 10.8. The summed E-state index contributed by atoms with van der Waals surface area (Å²) >= 11 is 6.45. The molecule has 22 heavy (non-hydrogen) atoms. The van der Waals surface area contributed by atoms with Crippen LogP contribution in [0.3, 0.4) is 0 Å². The minimum atomic E-state index is -0.341. The van der Waals surface area contributed by atoms with Gasteiger partial charge in [-0.2, -0.15) is 0 Å². The van der Waals surface area contributed by atoms with Crippen LogP contribution in [-0.4, -0.2) is 34.0 Å². The third-order valence-electron chi connectivity index (χ3n) is 4.94. The highest BCUT2D eigenvalue weighted by Gasteiger charge is 2.34. The van der Waals surface area contributed by atoms with Crippen LogP contribution in [0, 0.1) is 5.92 Å². The highest BCUT2D eigenvalue weighted by Crippen LogP contribution is 2.45. The van der Waals surface area contributed by atoms with Gasteiger partial charge >= 0.3 is 0 Å². The Hall–Kier alpha value is -1.36. The molecule has 0 aliphatic carbocycles. The lowest BCUT2D eigenvalue weighted by molar-refractivity contribution is 0.00152. The van der Waals surface area contributed by atoms with Crippen LogP contribution in [-0.2, 0) is 4.74 Å². The Kier molecular flexibility index (Phi) is 3.68. The fourth-order valence-electron chi connectivity index (χ4n) is 3.75. The molecule has 2 atom stereocenters. The van der Waals surface area contributed by atoms with Crippen molar-refractivity contribution < 1.29 is 9.84 Å². The van der Waals surface area contributed by atoms with E-state index in [9.17, 15) is 5.11 Å². The maximum absolute atomic E-state index is 10.7. The molecule has 0 bridgehead atoms. The molecule has 2 unspecified atom stereocenters. The summed E-state index contributed by atoms with van der Waals surface area (Å²) in [4.78, 5) is 4.26. The highest BCUT2D eigenvalue weighted by molar-refractivity contribution is 6.32. The van der Waals surface area contributed by atoms with Crippen molar-refractivity contribution >= 4 is 11.6 Å². The molecule has 0 radical (unpaired) electrons. The third kappa shape index (κ3) is 2.26. The monoisotopic (exact) mass is 318 g/mol. The summed E-state index contributed by atoms with van der Waals surface area (Å²) < 4.78 is 7.53. The van der Waals surface area contributed by atoms with Gasteiger partial charge in [0.2, 0.25) is 0 Å². The molecule has 116 valence electrons. The number of aromatic nitrogens is 2. The number of ether oxygens (including phenoxy) is 1. The topological polar surface area (TPSA) is 47.3 Å². The molecule has 0 amide bonds. The summed E-state index contributed by atoms with van der Waals surface area (Å²) in [6, 6.07) is 6.04. The van der Waals surface area contributed by atoms with E-state index in [1.165, 1.54) is 0 Å². The molecule has 0 saturated carbocycles. The summed E-state index contributed by atoms with van der Waals surface area (Å²) in [5, 5.41) is 11.5. The van der Waals surface area contributed by atoms with Crippen LogP contribution < -0.4 is 0 Å². The van der Waals surface area contributed by atoms with Crippen molar-refractivity contribution in [3.63, 3.8) is 0 Å². The number of aliphatic hydroxyl groups excluding tert-OH is 1. The van der Waals surface area contributed by atoms with Gasteiger partial charge in [-0.25, -0.2) is 4.98 Å². The summed E-state index contributed by atoms with van der Waals surface area (Å²) in [5.41, 5.74) is 3.34. The number of rotatable bonds is 3. The van der Waals surface area contributed by atoms with E-state index in [4.69, 9.17) is 16.3 Å². The van der Waals surface area contributed by atoms with Gasteiger partial charge in [0.1, 0.15) is 0 Å². The van der Waals surface area contributed by atoms with Crippen molar-refractivity contribution in [2.24, 2.45) is 5.92 Å². The number of fused-ring (bicyclic) bond motifs is 3. The van der Waals surface area contributed by atoms with Crippen LogP contribution in [0.15, 0.2) is 30.7 Å². The van der Waals surface area contributed by atoms with Gasteiger partial charge in [-0.05, 0) is 31.2 Å². The van der Waals surface area contributed by atoms with E-state index in [1.54, 1.807) is 0 Å². The lowest BCUT2D eigenvalue weighted by Gasteiger charge is -2.29. The van der Waals surface area contributed by atoms with E-state index in [0.29, 0.717) is 12.3 Å². The van der Waals surface area contributed by atoms with Crippen molar-refractivity contribution in [1.29, 1.82) is 0 Å². The Bertz CT molecular complexity index is 679. The Morgan fingerprint density at radius 3 is 3.00 bits per heavy atom. The summed E-state index contributed by atoms with van der Waals surface area (Å²) in [5.74, 6) is 0.312. The molecule has 1 N–H and O–H groups in total. The van der Waals surface area contributed by atoms with Gasteiger partial charge in [0.25, 0.3) is 0 Å². The number of hydrogen-bond donors (Lipinski definition) is 1. The smallest absolute Gasteiger partial charge is 0.0956 e. The van der Waals surface area contributed by atoms with Gasteiger partial charge in [0, 0.05) is 29.4 Å². The van der Waals surface area contributed by atoms with Crippen LogP contribution >= 0.6 is 11.6 Å².